The second-order valence-corrected chi connectivity index (χ2v) is 4.68. The first kappa shape index (κ1) is 8.69. The molecule has 1 saturated heterocycles. The summed E-state index contributed by atoms with van der Waals surface area (Å²) in [4.78, 5) is 1.22. The number of halogens is 1. The van der Waals surface area contributed by atoms with Crippen LogP contribution in [0.2, 0.25) is 0 Å². The quantitative estimate of drug-likeness (QED) is 0.827. The molecule has 0 spiro atoms. The zero-order valence-electron chi connectivity index (χ0n) is 6.50. The summed E-state index contributed by atoms with van der Waals surface area (Å²) in [6.45, 7) is 0.788. The van der Waals surface area contributed by atoms with Gasteiger partial charge in [-0.15, -0.1) is 11.3 Å². The molecule has 0 amide bonds. The van der Waals surface area contributed by atoms with E-state index in [2.05, 4.69) is 15.9 Å². The molecule has 1 fully saturated rings. The summed E-state index contributed by atoms with van der Waals surface area (Å²) in [6.07, 6.45) is 1.08. The van der Waals surface area contributed by atoms with Gasteiger partial charge in [0.1, 0.15) is 6.10 Å². The van der Waals surface area contributed by atoms with Gasteiger partial charge in [0.15, 0.2) is 0 Å². The zero-order valence-corrected chi connectivity index (χ0v) is 8.90. The average molecular weight is 248 g/mol. The van der Waals surface area contributed by atoms with Gasteiger partial charge in [-0.05, 0) is 33.8 Å². The van der Waals surface area contributed by atoms with E-state index >= 15 is 0 Å². The van der Waals surface area contributed by atoms with Crippen LogP contribution in [0.1, 0.15) is 17.4 Å². The lowest BCUT2D eigenvalue weighted by Gasteiger charge is -2.12. The third-order valence-corrected chi connectivity index (χ3v) is 3.97. The predicted octanol–water partition coefficient (Wildman–Crippen LogP) is 2.30. The number of hydrogen-bond acceptors (Lipinski definition) is 3. The Hall–Kier alpha value is 0.100. The minimum absolute atomic E-state index is 0.111. The summed E-state index contributed by atoms with van der Waals surface area (Å²) in [7, 11) is 0. The standard InChI is InChI=1S/C8H10BrNOS/c9-5-2-4-12-8(5)7-6(10)1-3-11-7/h2,4,6-7H,1,3,10H2. The van der Waals surface area contributed by atoms with Crippen molar-refractivity contribution >= 4 is 27.3 Å². The lowest BCUT2D eigenvalue weighted by Crippen LogP contribution is -2.22. The Labute approximate surface area is 83.8 Å². The van der Waals surface area contributed by atoms with Crippen LogP contribution in [0.25, 0.3) is 0 Å². The fraction of sp³-hybridized carbons (Fsp3) is 0.500. The highest BCUT2D eigenvalue weighted by Gasteiger charge is 2.28. The first-order chi connectivity index (χ1) is 5.79. The highest BCUT2D eigenvalue weighted by Crippen LogP contribution is 2.36. The maximum absolute atomic E-state index is 5.90. The van der Waals surface area contributed by atoms with Crippen LogP contribution in [0.15, 0.2) is 15.9 Å². The highest BCUT2D eigenvalue weighted by molar-refractivity contribution is 9.10. The van der Waals surface area contributed by atoms with Gasteiger partial charge < -0.3 is 10.5 Å². The van der Waals surface area contributed by atoms with E-state index in [4.69, 9.17) is 10.5 Å². The number of nitrogens with two attached hydrogens (primary N) is 1. The molecule has 1 aromatic heterocycles. The topological polar surface area (TPSA) is 35.2 Å². The molecule has 12 heavy (non-hydrogen) atoms. The van der Waals surface area contributed by atoms with Crippen molar-refractivity contribution in [3.05, 3.63) is 20.8 Å². The Morgan fingerprint density at radius 2 is 2.50 bits per heavy atom. The fourth-order valence-corrected chi connectivity index (χ4v) is 3.11. The minimum atomic E-state index is 0.111. The van der Waals surface area contributed by atoms with Gasteiger partial charge in [0.2, 0.25) is 0 Å². The zero-order chi connectivity index (χ0) is 8.55. The van der Waals surface area contributed by atoms with Crippen molar-refractivity contribution in [1.82, 2.24) is 0 Å². The molecule has 2 atom stereocenters. The molecule has 0 radical (unpaired) electrons. The van der Waals surface area contributed by atoms with Gasteiger partial charge in [-0.2, -0.15) is 0 Å². The van der Waals surface area contributed by atoms with Crippen molar-refractivity contribution < 1.29 is 4.74 Å². The Kier molecular flexibility index (Phi) is 2.50. The second kappa shape index (κ2) is 3.46. The van der Waals surface area contributed by atoms with Crippen LogP contribution in [0.4, 0.5) is 0 Å². The van der Waals surface area contributed by atoms with Crippen LogP contribution >= 0.6 is 27.3 Å². The van der Waals surface area contributed by atoms with E-state index in [0.717, 1.165) is 17.5 Å². The van der Waals surface area contributed by atoms with E-state index in [0.29, 0.717) is 0 Å². The van der Waals surface area contributed by atoms with Gasteiger partial charge in [-0.3, -0.25) is 0 Å². The third kappa shape index (κ3) is 1.44. The van der Waals surface area contributed by atoms with Crippen LogP contribution in [0.5, 0.6) is 0 Å². The first-order valence-corrected chi connectivity index (χ1v) is 5.56. The van der Waals surface area contributed by atoms with E-state index in [1.54, 1.807) is 11.3 Å². The van der Waals surface area contributed by atoms with Crippen LogP contribution in [0.3, 0.4) is 0 Å². The van der Waals surface area contributed by atoms with Crippen molar-refractivity contribution in [2.24, 2.45) is 5.73 Å². The van der Waals surface area contributed by atoms with Crippen LogP contribution in [0, 0.1) is 0 Å². The Balaban J connectivity index is 2.24. The molecular weight excluding hydrogens is 238 g/mol. The number of hydrogen-bond donors (Lipinski definition) is 1. The molecule has 2 nitrogen and oxygen atoms in total. The smallest absolute Gasteiger partial charge is 0.108 e. The molecule has 0 bridgehead atoms. The summed E-state index contributed by atoms with van der Waals surface area (Å²) in [6, 6.07) is 2.20. The second-order valence-electron chi connectivity index (χ2n) is 2.88. The van der Waals surface area contributed by atoms with E-state index in [9.17, 15) is 0 Å². The summed E-state index contributed by atoms with van der Waals surface area (Å²) < 4.78 is 6.67. The molecule has 0 saturated carbocycles. The number of rotatable bonds is 1. The van der Waals surface area contributed by atoms with Gasteiger partial charge in [-0.1, -0.05) is 0 Å². The summed E-state index contributed by atoms with van der Waals surface area (Å²) in [5, 5.41) is 2.05. The van der Waals surface area contributed by atoms with Gasteiger partial charge in [-0.25, -0.2) is 0 Å². The van der Waals surface area contributed by atoms with Crippen LogP contribution in [-0.4, -0.2) is 12.6 Å². The maximum atomic E-state index is 5.90. The van der Waals surface area contributed by atoms with Crippen molar-refractivity contribution in [2.75, 3.05) is 6.61 Å². The molecule has 0 aliphatic carbocycles. The largest absolute Gasteiger partial charge is 0.371 e. The monoisotopic (exact) mass is 247 g/mol. The molecule has 1 aromatic rings. The van der Waals surface area contributed by atoms with Gasteiger partial charge in [0.05, 0.1) is 0 Å². The van der Waals surface area contributed by atoms with Crippen LogP contribution in [-0.2, 0) is 4.74 Å². The van der Waals surface area contributed by atoms with Gasteiger partial charge >= 0.3 is 0 Å². The summed E-state index contributed by atoms with van der Waals surface area (Å²) in [5.74, 6) is 0. The normalized spacial score (nSPS) is 29.5. The Morgan fingerprint density at radius 1 is 1.67 bits per heavy atom. The fourth-order valence-electron chi connectivity index (χ4n) is 1.38. The molecular formula is C8H10BrNOS. The van der Waals surface area contributed by atoms with Gasteiger partial charge in [0.25, 0.3) is 0 Å². The molecule has 1 aliphatic rings. The van der Waals surface area contributed by atoms with E-state index in [1.165, 1.54) is 4.88 Å². The lowest BCUT2D eigenvalue weighted by molar-refractivity contribution is 0.107. The molecule has 0 aromatic carbocycles. The van der Waals surface area contributed by atoms with Crippen molar-refractivity contribution in [3.8, 4) is 0 Å². The molecule has 2 heterocycles. The van der Waals surface area contributed by atoms with Crippen molar-refractivity contribution in [1.29, 1.82) is 0 Å². The predicted molar refractivity (Wildman–Crippen MR) is 53.3 cm³/mol. The SMILES string of the molecule is NC1CCOC1c1sccc1Br. The van der Waals surface area contributed by atoms with Crippen molar-refractivity contribution in [3.63, 3.8) is 0 Å². The Morgan fingerprint density at radius 3 is 3.00 bits per heavy atom. The first-order valence-electron chi connectivity index (χ1n) is 3.89. The number of thiophene rings is 1. The molecule has 2 unspecified atom stereocenters. The Bertz CT molecular complexity index is 276. The maximum Gasteiger partial charge on any atom is 0.108 e. The summed E-state index contributed by atoms with van der Waals surface area (Å²) >= 11 is 5.18. The van der Waals surface area contributed by atoms with E-state index in [1.807, 2.05) is 11.4 Å². The highest BCUT2D eigenvalue weighted by atomic mass is 79.9. The molecule has 2 N–H and O–H groups in total. The number of ether oxygens (including phenoxy) is 1. The summed E-state index contributed by atoms with van der Waals surface area (Å²) in [5.41, 5.74) is 5.90. The van der Waals surface area contributed by atoms with E-state index in [-0.39, 0.29) is 12.1 Å². The molecule has 4 heteroatoms. The van der Waals surface area contributed by atoms with Gasteiger partial charge in [0, 0.05) is 22.0 Å². The molecule has 1 aliphatic heterocycles. The third-order valence-electron chi connectivity index (χ3n) is 2.04. The molecule has 66 valence electrons. The average Bonchev–Trinajstić information content (AvgIpc) is 2.59. The van der Waals surface area contributed by atoms with E-state index < -0.39 is 0 Å². The van der Waals surface area contributed by atoms with Crippen LogP contribution < -0.4 is 5.73 Å². The van der Waals surface area contributed by atoms with Crippen molar-refractivity contribution in [2.45, 2.75) is 18.6 Å². The lowest BCUT2D eigenvalue weighted by atomic mass is 10.1. The molecule has 2 rings (SSSR count). The minimum Gasteiger partial charge on any atom is -0.371 e.